The van der Waals surface area contributed by atoms with Gasteiger partial charge in [0, 0.05) is 18.0 Å². The fourth-order valence-corrected chi connectivity index (χ4v) is 1.17. The van der Waals surface area contributed by atoms with Gasteiger partial charge in [-0.15, -0.1) is 0 Å². The number of hydrogen-bond donors (Lipinski definition) is 0. The lowest BCUT2D eigenvalue weighted by atomic mass is 10.2. The van der Waals surface area contributed by atoms with E-state index in [1.165, 1.54) is 0 Å². The van der Waals surface area contributed by atoms with Gasteiger partial charge in [-0.05, 0) is 24.3 Å². The number of hydrogen-bond acceptors (Lipinski definition) is 3. The molecule has 0 bridgehead atoms. The highest BCUT2D eigenvalue weighted by molar-refractivity contribution is 5.76. The molecule has 0 aromatic carbocycles. The Balaban J connectivity index is 2.47. The Morgan fingerprint density at radius 3 is 2.57 bits per heavy atom. The third-order valence-electron chi connectivity index (χ3n) is 1.85. The van der Waals surface area contributed by atoms with E-state index >= 15 is 0 Å². The van der Waals surface area contributed by atoms with Crippen molar-refractivity contribution < 1.29 is 4.79 Å². The van der Waals surface area contributed by atoms with Crippen molar-refractivity contribution in [2.75, 3.05) is 0 Å². The van der Waals surface area contributed by atoms with Crippen molar-refractivity contribution in [1.82, 2.24) is 9.97 Å². The summed E-state index contributed by atoms with van der Waals surface area (Å²) in [5.41, 5.74) is 2.10. The quantitative estimate of drug-likeness (QED) is 0.670. The number of carbonyl (C=O) groups is 1. The summed E-state index contributed by atoms with van der Waals surface area (Å²) in [6.07, 6.45) is 4.10. The number of aldehydes is 1. The van der Waals surface area contributed by atoms with Crippen molar-refractivity contribution in [3.05, 3.63) is 48.3 Å². The summed E-state index contributed by atoms with van der Waals surface area (Å²) in [5, 5.41) is 0. The number of pyridine rings is 2. The molecular formula is C11H8N2O. The fourth-order valence-electron chi connectivity index (χ4n) is 1.17. The Bertz CT molecular complexity index is 440. The van der Waals surface area contributed by atoms with Gasteiger partial charge >= 0.3 is 0 Å². The minimum Gasteiger partial charge on any atom is -0.298 e. The summed E-state index contributed by atoms with van der Waals surface area (Å²) >= 11 is 0. The maximum Gasteiger partial charge on any atom is 0.150 e. The Morgan fingerprint density at radius 1 is 1.00 bits per heavy atom. The third-order valence-corrected chi connectivity index (χ3v) is 1.85. The van der Waals surface area contributed by atoms with E-state index in [2.05, 4.69) is 9.97 Å². The predicted octanol–water partition coefficient (Wildman–Crippen LogP) is 1.96. The van der Waals surface area contributed by atoms with Crippen LogP contribution in [0.1, 0.15) is 10.4 Å². The molecule has 0 aliphatic rings. The molecule has 2 heterocycles. The van der Waals surface area contributed by atoms with E-state index in [0.29, 0.717) is 5.56 Å². The van der Waals surface area contributed by atoms with Crippen molar-refractivity contribution in [3.63, 3.8) is 0 Å². The van der Waals surface area contributed by atoms with Crippen molar-refractivity contribution in [2.24, 2.45) is 0 Å². The molecule has 0 saturated carbocycles. The van der Waals surface area contributed by atoms with E-state index in [4.69, 9.17) is 0 Å². The van der Waals surface area contributed by atoms with Crippen LogP contribution in [0, 0.1) is 0 Å². The number of aromatic nitrogens is 2. The van der Waals surface area contributed by atoms with Gasteiger partial charge in [-0.1, -0.05) is 6.07 Å². The van der Waals surface area contributed by atoms with Crippen LogP contribution in [0.2, 0.25) is 0 Å². The largest absolute Gasteiger partial charge is 0.298 e. The number of rotatable bonds is 2. The summed E-state index contributed by atoms with van der Waals surface area (Å²) in [4.78, 5) is 18.8. The highest BCUT2D eigenvalue weighted by atomic mass is 16.1. The lowest BCUT2D eigenvalue weighted by Crippen LogP contribution is -1.88. The molecule has 0 unspecified atom stereocenters. The van der Waals surface area contributed by atoms with E-state index in [1.807, 2.05) is 18.2 Å². The molecule has 0 fully saturated rings. The molecule has 0 aliphatic heterocycles. The number of nitrogens with zero attached hydrogens (tertiary/aromatic N) is 2. The Hall–Kier alpha value is -2.03. The Kier molecular flexibility index (Phi) is 2.32. The summed E-state index contributed by atoms with van der Waals surface area (Å²) in [6.45, 7) is 0. The fraction of sp³-hybridized carbons (Fsp3) is 0. The Labute approximate surface area is 81.5 Å². The van der Waals surface area contributed by atoms with E-state index in [9.17, 15) is 4.79 Å². The van der Waals surface area contributed by atoms with Crippen molar-refractivity contribution in [2.45, 2.75) is 0 Å². The zero-order valence-corrected chi connectivity index (χ0v) is 7.42. The van der Waals surface area contributed by atoms with Crippen LogP contribution in [0.5, 0.6) is 0 Å². The summed E-state index contributed by atoms with van der Waals surface area (Å²) in [6, 6.07) is 8.97. The summed E-state index contributed by atoms with van der Waals surface area (Å²) in [5.74, 6) is 0. The lowest BCUT2D eigenvalue weighted by molar-refractivity contribution is 0.112. The average molecular weight is 184 g/mol. The van der Waals surface area contributed by atoms with Gasteiger partial charge in [0.15, 0.2) is 0 Å². The van der Waals surface area contributed by atoms with Crippen LogP contribution < -0.4 is 0 Å². The van der Waals surface area contributed by atoms with E-state index in [1.54, 1.807) is 24.5 Å². The van der Waals surface area contributed by atoms with Gasteiger partial charge in [0.1, 0.15) is 6.29 Å². The molecule has 2 aromatic rings. The summed E-state index contributed by atoms with van der Waals surface area (Å²) < 4.78 is 0. The van der Waals surface area contributed by atoms with Crippen LogP contribution in [0.4, 0.5) is 0 Å². The topological polar surface area (TPSA) is 42.9 Å². The van der Waals surface area contributed by atoms with Gasteiger partial charge in [0.25, 0.3) is 0 Å². The zero-order valence-electron chi connectivity index (χ0n) is 7.42. The SMILES string of the molecule is O=Cc1ccnc(-c2ccccn2)c1. The lowest BCUT2D eigenvalue weighted by Gasteiger charge is -1.98. The third kappa shape index (κ3) is 1.66. The van der Waals surface area contributed by atoms with Crippen LogP contribution in [-0.2, 0) is 0 Å². The van der Waals surface area contributed by atoms with Crippen molar-refractivity contribution in [1.29, 1.82) is 0 Å². The van der Waals surface area contributed by atoms with Gasteiger partial charge in [0.05, 0.1) is 11.4 Å². The first kappa shape index (κ1) is 8.56. The van der Waals surface area contributed by atoms with Crippen LogP contribution in [0.25, 0.3) is 11.4 Å². The van der Waals surface area contributed by atoms with Gasteiger partial charge in [-0.3, -0.25) is 14.8 Å². The number of carbonyl (C=O) groups excluding carboxylic acids is 1. The van der Waals surface area contributed by atoms with Crippen molar-refractivity contribution >= 4 is 6.29 Å². The standard InChI is InChI=1S/C11H8N2O/c14-8-9-4-6-13-11(7-9)10-3-1-2-5-12-10/h1-8H. The van der Waals surface area contributed by atoms with Crippen LogP contribution in [0.15, 0.2) is 42.7 Å². The molecule has 0 atom stereocenters. The first-order valence-electron chi connectivity index (χ1n) is 4.23. The Morgan fingerprint density at radius 2 is 1.86 bits per heavy atom. The second-order valence-electron chi connectivity index (χ2n) is 2.81. The second-order valence-corrected chi connectivity index (χ2v) is 2.81. The first-order valence-corrected chi connectivity index (χ1v) is 4.23. The van der Waals surface area contributed by atoms with Crippen LogP contribution in [-0.4, -0.2) is 16.3 Å². The molecule has 3 heteroatoms. The smallest absolute Gasteiger partial charge is 0.150 e. The molecule has 0 saturated heterocycles. The molecule has 2 rings (SSSR count). The van der Waals surface area contributed by atoms with E-state index in [0.717, 1.165) is 17.7 Å². The molecule has 0 amide bonds. The molecule has 68 valence electrons. The molecule has 0 aliphatic carbocycles. The first-order chi connectivity index (χ1) is 6.90. The molecule has 0 spiro atoms. The van der Waals surface area contributed by atoms with Gasteiger partial charge in [-0.2, -0.15) is 0 Å². The molecule has 2 aromatic heterocycles. The zero-order chi connectivity index (χ0) is 9.80. The average Bonchev–Trinajstić information content (AvgIpc) is 2.30. The van der Waals surface area contributed by atoms with Gasteiger partial charge < -0.3 is 0 Å². The highest BCUT2D eigenvalue weighted by Crippen LogP contribution is 2.13. The molecule has 3 nitrogen and oxygen atoms in total. The van der Waals surface area contributed by atoms with Gasteiger partial charge in [-0.25, -0.2) is 0 Å². The van der Waals surface area contributed by atoms with Crippen LogP contribution >= 0.6 is 0 Å². The summed E-state index contributed by atoms with van der Waals surface area (Å²) in [7, 11) is 0. The second kappa shape index (κ2) is 3.79. The van der Waals surface area contributed by atoms with Crippen molar-refractivity contribution in [3.8, 4) is 11.4 Å². The molecule has 0 N–H and O–H groups in total. The molecular weight excluding hydrogens is 176 g/mol. The van der Waals surface area contributed by atoms with E-state index in [-0.39, 0.29) is 0 Å². The van der Waals surface area contributed by atoms with Gasteiger partial charge in [0.2, 0.25) is 0 Å². The minimum atomic E-state index is 0.612. The maximum absolute atomic E-state index is 10.5. The minimum absolute atomic E-state index is 0.612. The normalized spacial score (nSPS) is 9.71. The van der Waals surface area contributed by atoms with Crippen LogP contribution in [0.3, 0.4) is 0 Å². The van der Waals surface area contributed by atoms with E-state index < -0.39 is 0 Å². The molecule has 0 radical (unpaired) electrons. The highest BCUT2D eigenvalue weighted by Gasteiger charge is 1.99. The maximum atomic E-state index is 10.5. The molecule has 14 heavy (non-hydrogen) atoms. The predicted molar refractivity (Wildman–Crippen MR) is 52.9 cm³/mol. The monoisotopic (exact) mass is 184 g/mol.